The molecule has 1 aliphatic rings. The molecule has 3 N–H and O–H groups in total. The van der Waals surface area contributed by atoms with Crippen molar-refractivity contribution in [3.8, 4) is 0 Å². The van der Waals surface area contributed by atoms with Gasteiger partial charge >= 0.3 is 0 Å². The third-order valence-electron chi connectivity index (χ3n) is 4.90. The van der Waals surface area contributed by atoms with Crippen LogP contribution >= 0.6 is 0 Å². The lowest BCUT2D eigenvalue weighted by atomic mass is 10.2. The third kappa shape index (κ3) is 5.60. The van der Waals surface area contributed by atoms with Crippen molar-refractivity contribution < 1.29 is 13.3 Å². The Hall–Kier alpha value is -2.40. The van der Waals surface area contributed by atoms with Crippen molar-refractivity contribution in [2.75, 3.05) is 26.2 Å². The Kier molecular flexibility index (Phi) is 7.86. The van der Waals surface area contributed by atoms with E-state index in [-0.39, 0.29) is 4.90 Å². The number of pyridine rings is 1. The first-order chi connectivity index (χ1) is 14.5. The molecule has 0 amide bonds. The van der Waals surface area contributed by atoms with Crippen molar-refractivity contribution >= 4 is 15.5 Å². The molecule has 1 aliphatic heterocycles. The summed E-state index contributed by atoms with van der Waals surface area (Å²) in [6.07, 6.45) is 2.82. The zero-order chi connectivity index (χ0) is 21.4. The fraction of sp³-hybridized carbons (Fsp3) is 0.450. The summed E-state index contributed by atoms with van der Waals surface area (Å²) in [4.78, 5) is 15.0. The Morgan fingerprint density at radius 3 is 2.47 bits per heavy atom. The van der Waals surface area contributed by atoms with Crippen LogP contribution < -0.4 is 16.0 Å². The minimum Gasteiger partial charge on any atom is -0.317 e. The second kappa shape index (κ2) is 10.6. The van der Waals surface area contributed by atoms with E-state index in [4.69, 9.17) is 0 Å². The predicted molar refractivity (Wildman–Crippen MR) is 114 cm³/mol. The molecule has 9 nitrogen and oxygen atoms in total. The van der Waals surface area contributed by atoms with Gasteiger partial charge < -0.3 is 10.6 Å². The molecular formula is C20H27N5O4S. The van der Waals surface area contributed by atoms with E-state index >= 15 is 0 Å². The third-order valence-corrected chi connectivity index (χ3v) is 6.89. The molecule has 0 aliphatic carbocycles. The summed E-state index contributed by atoms with van der Waals surface area (Å²) in [6.45, 7) is 3.47. The lowest BCUT2D eigenvalue weighted by molar-refractivity contribution is -0.387. The van der Waals surface area contributed by atoms with Crippen molar-refractivity contribution in [2.45, 2.75) is 36.1 Å². The maximum absolute atomic E-state index is 13.5. The Labute approximate surface area is 176 Å². The number of rotatable bonds is 3. The molecule has 10 heteroatoms. The number of benzene rings is 1. The van der Waals surface area contributed by atoms with Gasteiger partial charge in [0.05, 0.1) is 16.3 Å². The van der Waals surface area contributed by atoms with Gasteiger partial charge in [0.2, 0.25) is 9.84 Å². The molecule has 0 saturated carbocycles. The topological polar surface area (TPSA) is 126 Å². The van der Waals surface area contributed by atoms with Crippen LogP contribution in [-0.4, -0.2) is 44.5 Å². The second-order valence-corrected chi connectivity index (χ2v) is 9.15. The molecular weight excluding hydrogens is 406 g/mol. The Morgan fingerprint density at radius 1 is 0.933 bits per heavy atom. The van der Waals surface area contributed by atoms with Gasteiger partial charge in [0, 0.05) is 12.6 Å². The summed E-state index contributed by atoms with van der Waals surface area (Å²) in [5.74, 6) is 0. The van der Waals surface area contributed by atoms with Crippen molar-refractivity contribution in [1.82, 2.24) is 20.9 Å². The van der Waals surface area contributed by atoms with Crippen LogP contribution in [0.2, 0.25) is 0 Å². The van der Waals surface area contributed by atoms with Crippen LogP contribution in [0.15, 0.2) is 47.4 Å². The number of nitrogens with zero attached hydrogens (tertiary/aromatic N) is 2. The first-order valence-electron chi connectivity index (χ1n) is 10.1. The van der Waals surface area contributed by atoms with Crippen LogP contribution in [0, 0.1) is 10.1 Å². The van der Waals surface area contributed by atoms with Gasteiger partial charge in [0.25, 0.3) is 5.69 Å². The molecule has 1 atom stereocenters. The maximum Gasteiger partial charge on any atom is 0.288 e. The van der Waals surface area contributed by atoms with Crippen molar-refractivity contribution in [3.05, 3.63) is 64.0 Å². The molecule has 0 fully saturated rings. The van der Waals surface area contributed by atoms with Gasteiger partial charge in [0.1, 0.15) is 4.90 Å². The Bertz CT molecular complexity index is 967. The summed E-state index contributed by atoms with van der Waals surface area (Å²) >= 11 is 0. The molecule has 2 bridgehead atoms. The van der Waals surface area contributed by atoms with Gasteiger partial charge in [-0.05, 0) is 63.6 Å². The average Bonchev–Trinajstić information content (AvgIpc) is 2.74. The molecule has 0 spiro atoms. The normalized spacial score (nSPS) is 19.4. The van der Waals surface area contributed by atoms with Crippen LogP contribution in [0.5, 0.6) is 0 Å². The molecule has 2 heterocycles. The molecule has 30 heavy (non-hydrogen) atoms. The molecule has 0 saturated heterocycles. The fourth-order valence-corrected chi connectivity index (χ4v) is 5.12. The number of nitro groups is 1. The SMILES string of the molecule is O=[N+]([O-])c1ccccc1S(=O)(=O)C1NCCCNCCCCNCc2cccc1n2. The van der Waals surface area contributed by atoms with E-state index in [0.717, 1.165) is 44.6 Å². The van der Waals surface area contributed by atoms with E-state index in [1.54, 1.807) is 12.1 Å². The minimum absolute atomic E-state index is 0.311. The second-order valence-electron chi connectivity index (χ2n) is 7.15. The monoisotopic (exact) mass is 433 g/mol. The van der Waals surface area contributed by atoms with E-state index in [1.165, 1.54) is 24.3 Å². The van der Waals surface area contributed by atoms with Crippen LogP contribution in [0.1, 0.15) is 36.0 Å². The number of hydrogen-bond donors (Lipinski definition) is 3. The fourth-order valence-electron chi connectivity index (χ4n) is 3.38. The zero-order valence-electron chi connectivity index (χ0n) is 16.7. The van der Waals surface area contributed by atoms with Crippen LogP contribution in [0.4, 0.5) is 5.69 Å². The van der Waals surface area contributed by atoms with Gasteiger partial charge in [-0.15, -0.1) is 0 Å². The summed E-state index contributed by atoms with van der Waals surface area (Å²) in [6, 6.07) is 10.7. The van der Waals surface area contributed by atoms with E-state index in [1.807, 2.05) is 6.07 Å². The standard InChI is InChI=1S/C20H27N5O4S/c26-25(27)18-9-1-2-10-19(18)30(28,29)20-17-8-5-7-16(24-17)15-22-12-4-3-11-21-13-6-14-23-20/h1-2,5,7-10,20-23H,3-4,6,11-15H2. The number of nitrogens with one attached hydrogen (secondary N) is 3. The largest absolute Gasteiger partial charge is 0.317 e. The van der Waals surface area contributed by atoms with Crippen molar-refractivity contribution in [2.24, 2.45) is 0 Å². The highest BCUT2D eigenvalue weighted by Gasteiger charge is 2.35. The van der Waals surface area contributed by atoms with Crippen LogP contribution in [-0.2, 0) is 16.4 Å². The Morgan fingerprint density at radius 2 is 1.67 bits per heavy atom. The number of fused-ring (bicyclic) bond motifs is 2. The molecule has 1 aromatic carbocycles. The molecule has 1 unspecified atom stereocenters. The first kappa shape index (κ1) is 22.3. The first-order valence-corrected chi connectivity index (χ1v) is 11.6. The number of nitro benzene ring substituents is 1. The Balaban J connectivity index is 1.98. The number of sulfone groups is 1. The van der Waals surface area contributed by atoms with Gasteiger partial charge in [0.15, 0.2) is 5.37 Å². The highest BCUT2D eigenvalue weighted by atomic mass is 32.2. The maximum atomic E-state index is 13.5. The molecule has 0 radical (unpaired) electrons. The number of para-hydroxylation sites is 1. The smallest absolute Gasteiger partial charge is 0.288 e. The summed E-state index contributed by atoms with van der Waals surface area (Å²) in [5.41, 5.74) is 0.620. The quantitative estimate of drug-likeness (QED) is 0.495. The van der Waals surface area contributed by atoms with Crippen LogP contribution in [0.25, 0.3) is 0 Å². The van der Waals surface area contributed by atoms with Crippen molar-refractivity contribution in [1.29, 1.82) is 0 Å². The van der Waals surface area contributed by atoms with Gasteiger partial charge in [-0.1, -0.05) is 18.2 Å². The van der Waals surface area contributed by atoms with Crippen LogP contribution in [0.3, 0.4) is 0 Å². The van der Waals surface area contributed by atoms with Gasteiger partial charge in [-0.3, -0.25) is 20.4 Å². The molecule has 3 rings (SSSR count). The number of aromatic nitrogens is 1. The van der Waals surface area contributed by atoms with E-state index in [0.29, 0.717) is 18.8 Å². The zero-order valence-corrected chi connectivity index (χ0v) is 17.5. The number of hydrogen-bond acceptors (Lipinski definition) is 8. The molecule has 2 aromatic rings. The van der Waals surface area contributed by atoms with E-state index in [2.05, 4.69) is 20.9 Å². The summed E-state index contributed by atoms with van der Waals surface area (Å²) in [7, 11) is -4.10. The lowest BCUT2D eigenvalue weighted by Gasteiger charge is -2.20. The molecule has 162 valence electrons. The molecule has 1 aromatic heterocycles. The minimum atomic E-state index is -4.10. The lowest BCUT2D eigenvalue weighted by Crippen LogP contribution is -2.32. The summed E-state index contributed by atoms with van der Waals surface area (Å²) in [5, 5.41) is 20.0. The highest BCUT2D eigenvalue weighted by molar-refractivity contribution is 7.91. The van der Waals surface area contributed by atoms with Crippen molar-refractivity contribution in [3.63, 3.8) is 0 Å². The predicted octanol–water partition coefficient (Wildman–Crippen LogP) is 1.91. The highest BCUT2D eigenvalue weighted by Crippen LogP contribution is 2.32. The van der Waals surface area contributed by atoms with E-state index in [9.17, 15) is 18.5 Å². The summed E-state index contributed by atoms with van der Waals surface area (Å²) < 4.78 is 27.0. The van der Waals surface area contributed by atoms with Gasteiger partial charge in [-0.2, -0.15) is 0 Å². The van der Waals surface area contributed by atoms with E-state index < -0.39 is 25.8 Å². The average molecular weight is 434 g/mol. The van der Waals surface area contributed by atoms with Gasteiger partial charge in [-0.25, -0.2) is 8.42 Å².